The molecule has 2 amide bonds. The van der Waals surface area contributed by atoms with Crippen LogP contribution in [0, 0.1) is 0 Å². The molecule has 0 bridgehead atoms. The van der Waals surface area contributed by atoms with Crippen LogP contribution in [0.3, 0.4) is 0 Å². The molecule has 1 heterocycles. The van der Waals surface area contributed by atoms with Crippen LogP contribution >= 0.6 is 0 Å². The summed E-state index contributed by atoms with van der Waals surface area (Å²) in [5, 5.41) is 15.8. The van der Waals surface area contributed by atoms with Gasteiger partial charge in [-0.3, -0.25) is 4.90 Å². The molecule has 1 saturated heterocycles. The van der Waals surface area contributed by atoms with Gasteiger partial charge in [0.1, 0.15) is 0 Å². The molecule has 0 aromatic heterocycles. The highest BCUT2D eigenvalue weighted by molar-refractivity contribution is 5.73. The molecule has 2 aliphatic rings. The van der Waals surface area contributed by atoms with E-state index in [1.807, 2.05) is 6.07 Å². The molecule has 5 heteroatoms. The maximum Gasteiger partial charge on any atom is 0.314 e. The Bertz CT molecular complexity index is 531. The van der Waals surface area contributed by atoms with Gasteiger partial charge in [0.2, 0.25) is 0 Å². The van der Waals surface area contributed by atoms with Crippen LogP contribution in [0.1, 0.15) is 37.7 Å². The number of urea groups is 1. The van der Waals surface area contributed by atoms with Crippen LogP contribution in [0.2, 0.25) is 0 Å². The van der Waals surface area contributed by atoms with Crippen LogP contribution in [-0.2, 0) is 6.42 Å². The number of nitrogens with one attached hydrogen (secondary N) is 2. The lowest BCUT2D eigenvalue weighted by molar-refractivity contribution is -0.0290. The van der Waals surface area contributed by atoms with E-state index < -0.39 is 5.60 Å². The van der Waals surface area contributed by atoms with Crippen LogP contribution in [0.5, 0.6) is 0 Å². The molecular weight excluding hydrogens is 302 g/mol. The average Bonchev–Trinajstić information content (AvgIpc) is 3.03. The third-order valence-corrected chi connectivity index (χ3v) is 5.39. The van der Waals surface area contributed by atoms with Crippen molar-refractivity contribution in [3.05, 3.63) is 35.9 Å². The van der Waals surface area contributed by atoms with Crippen molar-refractivity contribution in [2.45, 2.75) is 50.2 Å². The summed E-state index contributed by atoms with van der Waals surface area (Å²) < 4.78 is 0. The molecule has 2 fully saturated rings. The van der Waals surface area contributed by atoms with Crippen molar-refractivity contribution in [2.24, 2.45) is 0 Å². The molecule has 1 aliphatic carbocycles. The Hall–Kier alpha value is -1.59. The van der Waals surface area contributed by atoms with Crippen LogP contribution in [0.25, 0.3) is 0 Å². The smallest absolute Gasteiger partial charge is 0.314 e. The van der Waals surface area contributed by atoms with E-state index in [4.69, 9.17) is 0 Å². The minimum Gasteiger partial charge on any atom is -0.388 e. The number of likely N-dealkylation sites (tertiary alicyclic amines) is 1. The van der Waals surface area contributed by atoms with E-state index in [0.29, 0.717) is 19.1 Å². The lowest BCUT2D eigenvalue weighted by atomic mass is 9.80. The molecule has 5 nitrogen and oxygen atoms in total. The SMILES string of the molecule is O=C(NCC1CCCN1CCc1ccccc1)NCC1(O)CCC1. The Labute approximate surface area is 144 Å². The van der Waals surface area contributed by atoms with Crippen molar-refractivity contribution < 1.29 is 9.90 Å². The first-order valence-corrected chi connectivity index (χ1v) is 9.17. The highest BCUT2D eigenvalue weighted by Gasteiger charge is 2.34. The first-order valence-electron chi connectivity index (χ1n) is 9.17. The highest BCUT2D eigenvalue weighted by atomic mass is 16.3. The lowest BCUT2D eigenvalue weighted by Gasteiger charge is -2.36. The average molecular weight is 331 g/mol. The minimum absolute atomic E-state index is 0.162. The molecule has 1 saturated carbocycles. The summed E-state index contributed by atoms with van der Waals surface area (Å²) in [5.74, 6) is 0. The number of aliphatic hydroxyl groups is 1. The summed E-state index contributed by atoms with van der Waals surface area (Å²) in [6, 6.07) is 10.8. The zero-order valence-corrected chi connectivity index (χ0v) is 14.3. The van der Waals surface area contributed by atoms with Gasteiger partial charge < -0.3 is 15.7 Å². The van der Waals surface area contributed by atoms with Gasteiger partial charge >= 0.3 is 6.03 Å². The minimum atomic E-state index is -0.660. The Morgan fingerprint density at radius 2 is 2.00 bits per heavy atom. The Morgan fingerprint density at radius 1 is 1.21 bits per heavy atom. The Morgan fingerprint density at radius 3 is 2.71 bits per heavy atom. The number of hydrogen-bond donors (Lipinski definition) is 3. The molecule has 1 aliphatic heterocycles. The van der Waals surface area contributed by atoms with Crippen LogP contribution in [-0.4, -0.2) is 53.9 Å². The molecule has 1 unspecified atom stereocenters. The summed E-state index contributed by atoms with van der Waals surface area (Å²) in [6.07, 6.45) is 6.03. The quantitative estimate of drug-likeness (QED) is 0.715. The van der Waals surface area contributed by atoms with Crippen LogP contribution < -0.4 is 10.6 Å². The summed E-state index contributed by atoms with van der Waals surface area (Å²) in [4.78, 5) is 14.4. The van der Waals surface area contributed by atoms with Gasteiger partial charge in [0.25, 0.3) is 0 Å². The molecular formula is C19H29N3O2. The van der Waals surface area contributed by atoms with Gasteiger partial charge in [0, 0.05) is 25.7 Å². The van der Waals surface area contributed by atoms with Gasteiger partial charge in [0.15, 0.2) is 0 Å². The summed E-state index contributed by atoms with van der Waals surface area (Å²) in [6.45, 7) is 3.19. The standard InChI is InChI=1S/C19H29N3O2/c23-18(21-15-19(24)10-5-11-19)20-14-17-8-4-12-22(17)13-9-16-6-2-1-3-7-16/h1-3,6-7,17,24H,4-5,8-15H2,(H2,20,21,23). The first kappa shape index (κ1) is 17.2. The van der Waals surface area contributed by atoms with Gasteiger partial charge in [-0.1, -0.05) is 30.3 Å². The largest absolute Gasteiger partial charge is 0.388 e. The number of hydrogen-bond acceptors (Lipinski definition) is 3. The summed E-state index contributed by atoms with van der Waals surface area (Å²) in [5.41, 5.74) is 0.703. The second kappa shape index (κ2) is 7.99. The third-order valence-electron chi connectivity index (χ3n) is 5.39. The van der Waals surface area contributed by atoms with E-state index in [0.717, 1.165) is 45.2 Å². The van der Waals surface area contributed by atoms with Crippen molar-refractivity contribution >= 4 is 6.03 Å². The number of benzene rings is 1. The number of amides is 2. The molecule has 3 N–H and O–H groups in total. The van der Waals surface area contributed by atoms with E-state index in [2.05, 4.69) is 39.8 Å². The van der Waals surface area contributed by atoms with Gasteiger partial charge in [0.05, 0.1) is 5.60 Å². The predicted molar refractivity (Wildman–Crippen MR) is 94.9 cm³/mol. The van der Waals surface area contributed by atoms with E-state index in [-0.39, 0.29) is 6.03 Å². The van der Waals surface area contributed by atoms with Gasteiger partial charge in [-0.2, -0.15) is 0 Å². The van der Waals surface area contributed by atoms with Crippen molar-refractivity contribution in [1.29, 1.82) is 0 Å². The molecule has 0 radical (unpaired) electrons. The maximum atomic E-state index is 11.9. The van der Waals surface area contributed by atoms with E-state index in [1.165, 1.54) is 12.0 Å². The second-order valence-electron chi connectivity index (χ2n) is 7.21. The van der Waals surface area contributed by atoms with E-state index in [9.17, 15) is 9.90 Å². The zero-order chi connectivity index (χ0) is 16.8. The molecule has 0 spiro atoms. The fourth-order valence-corrected chi connectivity index (χ4v) is 3.62. The molecule has 1 atom stereocenters. The molecule has 1 aromatic carbocycles. The Balaban J connectivity index is 1.36. The monoisotopic (exact) mass is 331 g/mol. The second-order valence-corrected chi connectivity index (χ2v) is 7.21. The number of rotatable bonds is 7. The zero-order valence-electron chi connectivity index (χ0n) is 14.3. The summed E-state index contributed by atoms with van der Waals surface area (Å²) >= 11 is 0. The first-order chi connectivity index (χ1) is 11.6. The number of nitrogens with zero attached hydrogens (tertiary/aromatic N) is 1. The van der Waals surface area contributed by atoms with Crippen molar-refractivity contribution in [3.63, 3.8) is 0 Å². The molecule has 1 aromatic rings. The highest BCUT2D eigenvalue weighted by Crippen LogP contribution is 2.30. The van der Waals surface area contributed by atoms with Crippen LogP contribution in [0.15, 0.2) is 30.3 Å². The summed E-state index contributed by atoms with van der Waals surface area (Å²) in [7, 11) is 0. The molecule has 132 valence electrons. The fourth-order valence-electron chi connectivity index (χ4n) is 3.62. The van der Waals surface area contributed by atoms with Crippen molar-refractivity contribution in [1.82, 2.24) is 15.5 Å². The lowest BCUT2D eigenvalue weighted by Crippen LogP contribution is -2.51. The van der Waals surface area contributed by atoms with Crippen molar-refractivity contribution in [3.8, 4) is 0 Å². The van der Waals surface area contributed by atoms with E-state index >= 15 is 0 Å². The number of carbonyl (C=O) groups is 1. The Kier molecular flexibility index (Phi) is 5.74. The number of carbonyl (C=O) groups excluding carboxylic acids is 1. The predicted octanol–water partition coefficient (Wildman–Crippen LogP) is 1.91. The fraction of sp³-hybridized carbons (Fsp3) is 0.632. The van der Waals surface area contributed by atoms with E-state index in [1.54, 1.807) is 0 Å². The third kappa shape index (κ3) is 4.71. The van der Waals surface area contributed by atoms with Crippen molar-refractivity contribution in [2.75, 3.05) is 26.2 Å². The topological polar surface area (TPSA) is 64.6 Å². The maximum absolute atomic E-state index is 11.9. The molecule has 24 heavy (non-hydrogen) atoms. The van der Waals surface area contributed by atoms with Gasteiger partial charge in [-0.05, 0) is 50.6 Å². The van der Waals surface area contributed by atoms with Gasteiger partial charge in [-0.25, -0.2) is 4.79 Å². The van der Waals surface area contributed by atoms with Gasteiger partial charge in [-0.15, -0.1) is 0 Å². The molecule has 3 rings (SSSR count). The normalized spacial score (nSPS) is 22.8. The van der Waals surface area contributed by atoms with Crippen LogP contribution in [0.4, 0.5) is 4.79 Å².